The van der Waals surface area contributed by atoms with Crippen LogP contribution >= 0.6 is 0 Å². The van der Waals surface area contributed by atoms with Crippen LogP contribution in [0.5, 0.6) is 0 Å². The van der Waals surface area contributed by atoms with E-state index in [-0.39, 0.29) is 17.6 Å². The molecule has 5 nitrogen and oxygen atoms in total. The summed E-state index contributed by atoms with van der Waals surface area (Å²) in [4.78, 5) is 19.2. The van der Waals surface area contributed by atoms with Crippen molar-refractivity contribution in [2.45, 2.75) is 19.8 Å². The van der Waals surface area contributed by atoms with Crippen molar-refractivity contribution in [3.8, 4) is 11.3 Å². The van der Waals surface area contributed by atoms with Crippen LogP contribution in [0.25, 0.3) is 22.4 Å². The monoisotopic (exact) mass is 367 g/mol. The maximum absolute atomic E-state index is 13.2. The lowest BCUT2D eigenvalue weighted by atomic mass is 10.00. The number of pyridine rings is 1. The van der Waals surface area contributed by atoms with Crippen LogP contribution in [0, 0.1) is 5.82 Å². The summed E-state index contributed by atoms with van der Waals surface area (Å²) < 4.78 is 19.2. The van der Waals surface area contributed by atoms with Gasteiger partial charge in [-0.25, -0.2) is 9.37 Å². The van der Waals surface area contributed by atoms with Crippen LogP contribution in [0.3, 0.4) is 0 Å². The number of benzene rings is 1. The summed E-state index contributed by atoms with van der Waals surface area (Å²) in [5.74, 6) is 0.129. The first-order valence-corrected chi connectivity index (χ1v) is 9.23. The van der Waals surface area contributed by atoms with Gasteiger partial charge < -0.3 is 14.6 Å². The van der Waals surface area contributed by atoms with E-state index in [1.54, 1.807) is 23.1 Å². The van der Waals surface area contributed by atoms with Gasteiger partial charge in [-0.05, 0) is 36.2 Å². The molecule has 0 unspecified atom stereocenters. The lowest BCUT2D eigenvalue weighted by Gasteiger charge is -2.26. The van der Waals surface area contributed by atoms with Gasteiger partial charge in [-0.15, -0.1) is 0 Å². The molecule has 0 atom stereocenters. The van der Waals surface area contributed by atoms with Crippen molar-refractivity contribution in [1.82, 2.24) is 15.2 Å². The van der Waals surface area contributed by atoms with Gasteiger partial charge in [0.2, 0.25) is 0 Å². The molecule has 1 amide bonds. The number of furan rings is 1. The number of carbonyl (C=O) groups is 1. The molecule has 4 rings (SSSR count). The summed E-state index contributed by atoms with van der Waals surface area (Å²) in [6.45, 7) is 7.06. The largest absolute Gasteiger partial charge is 0.449 e. The first-order chi connectivity index (χ1) is 13.0. The highest BCUT2D eigenvalue weighted by atomic mass is 19.1. The molecule has 0 radical (unpaired) electrons. The van der Waals surface area contributed by atoms with E-state index < -0.39 is 0 Å². The van der Waals surface area contributed by atoms with Gasteiger partial charge in [-0.1, -0.05) is 13.8 Å². The highest BCUT2D eigenvalue weighted by Crippen LogP contribution is 2.32. The average molecular weight is 367 g/mol. The zero-order valence-electron chi connectivity index (χ0n) is 15.5. The molecular formula is C21H22FN3O2. The zero-order valence-corrected chi connectivity index (χ0v) is 15.5. The van der Waals surface area contributed by atoms with E-state index in [2.05, 4.69) is 24.1 Å². The number of nitrogens with one attached hydrogen (secondary N) is 1. The molecule has 6 heteroatoms. The molecule has 1 aromatic carbocycles. The van der Waals surface area contributed by atoms with E-state index in [1.807, 2.05) is 6.07 Å². The number of hydrogen-bond donors (Lipinski definition) is 1. The van der Waals surface area contributed by atoms with E-state index in [0.717, 1.165) is 29.9 Å². The highest BCUT2D eigenvalue weighted by Gasteiger charge is 2.23. The fourth-order valence-electron chi connectivity index (χ4n) is 3.37. The summed E-state index contributed by atoms with van der Waals surface area (Å²) in [6.07, 6.45) is 0. The van der Waals surface area contributed by atoms with Gasteiger partial charge in [0.1, 0.15) is 11.3 Å². The third-order valence-corrected chi connectivity index (χ3v) is 4.88. The molecule has 2 aromatic heterocycles. The van der Waals surface area contributed by atoms with Crippen LogP contribution < -0.4 is 5.32 Å². The molecule has 1 saturated heterocycles. The SMILES string of the molecule is CC(C)c1cc(-c2ccc(F)cc2)nc2cc(C(=O)N3CCNCC3)oc12. The summed E-state index contributed by atoms with van der Waals surface area (Å²) in [5, 5.41) is 3.24. The van der Waals surface area contributed by atoms with Gasteiger partial charge in [0.25, 0.3) is 5.91 Å². The maximum Gasteiger partial charge on any atom is 0.289 e. The van der Waals surface area contributed by atoms with Crippen LogP contribution in [0.4, 0.5) is 4.39 Å². The molecule has 140 valence electrons. The second kappa shape index (κ2) is 7.12. The molecule has 0 saturated carbocycles. The Morgan fingerprint density at radius 2 is 1.89 bits per heavy atom. The number of fused-ring (bicyclic) bond motifs is 1. The van der Waals surface area contributed by atoms with Gasteiger partial charge >= 0.3 is 0 Å². The van der Waals surface area contributed by atoms with Crippen LogP contribution in [0.1, 0.15) is 35.9 Å². The van der Waals surface area contributed by atoms with E-state index >= 15 is 0 Å². The molecule has 0 aliphatic carbocycles. The minimum absolute atomic E-state index is 0.104. The van der Waals surface area contributed by atoms with Crippen LogP contribution in [0.15, 0.2) is 40.8 Å². The molecule has 1 aliphatic rings. The average Bonchev–Trinajstić information content (AvgIpc) is 3.11. The molecular weight excluding hydrogens is 345 g/mol. The molecule has 1 fully saturated rings. The number of piperazine rings is 1. The Balaban J connectivity index is 1.78. The number of halogens is 1. The van der Waals surface area contributed by atoms with Crippen molar-refractivity contribution in [3.05, 3.63) is 53.5 Å². The molecule has 3 heterocycles. The van der Waals surface area contributed by atoms with E-state index in [9.17, 15) is 9.18 Å². The molecule has 1 N–H and O–H groups in total. The predicted molar refractivity (Wildman–Crippen MR) is 102 cm³/mol. The van der Waals surface area contributed by atoms with Gasteiger partial charge in [0.15, 0.2) is 11.3 Å². The standard InChI is InChI=1S/C21H22FN3O2/c1-13(2)16-11-17(14-3-5-15(22)6-4-14)24-18-12-19(27-20(16)18)21(26)25-9-7-23-8-10-25/h3-6,11-13,23H,7-10H2,1-2H3. The Bertz CT molecular complexity index is 973. The molecule has 3 aromatic rings. The van der Waals surface area contributed by atoms with Gasteiger partial charge in [-0.3, -0.25) is 4.79 Å². The third kappa shape index (κ3) is 3.45. The third-order valence-electron chi connectivity index (χ3n) is 4.88. The van der Waals surface area contributed by atoms with E-state index in [4.69, 9.17) is 4.42 Å². The smallest absolute Gasteiger partial charge is 0.289 e. The maximum atomic E-state index is 13.2. The predicted octanol–water partition coefficient (Wildman–Crippen LogP) is 3.80. The van der Waals surface area contributed by atoms with Gasteiger partial charge in [0, 0.05) is 43.4 Å². The Morgan fingerprint density at radius 3 is 2.56 bits per heavy atom. The summed E-state index contributed by atoms with van der Waals surface area (Å²) in [5.41, 5.74) is 3.86. The Labute approximate surface area is 157 Å². The topological polar surface area (TPSA) is 58.4 Å². The number of amides is 1. The van der Waals surface area contributed by atoms with Gasteiger partial charge in [-0.2, -0.15) is 0 Å². The fourth-order valence-corrected chi connectivity index (χ4v) is 3.37. The molecule has 27 heavy (non-hydrogen) atoms. The van der Waals surface area contributed by atoms with Crippen LogP contribution in [-0.2, 0) is 0 Å². The fraction of sp³-hybridized carbons (Fsp3) is 0.333. The van der Waals surface area contributed by atoms with Crippen molar-refractivity contribution in [3.63, 3.8) is 0 Å². The second-order valence-electron chi connectivity index (χ2n) is 7.13. The lowest BCUT2D eigenvalue weighted by molar-refractivity contribution is 0.0706. The number of rotatable bonds is 3. The first kappa shape index (κ1) is 17.7. The van der Waals surface area contributed by atoms with Gasteiger partial charge in [0.05, 0.1) is 5.69 Å². The Morgan fingerprint density at radius 1 is 1.19 bits per heavy atom. The van der Waals surface area contributed by atoms with E-state index in [1.165, 1.54) is 12.1 Å². The summed E-state index contributed by atoms with van der Waals surface area (Å²) in [7, 11) is 0. The summed E-state index contributed by atoms with van der Waals surface area (Å²) >= 11 is 0. The number of carbonyl (C=O) groups excluding carboxylic acids is 1. The minimum atomic E-state index is -0.281. The number of hydrogen-bond acceptors (Lipinski definition) is 4. The molecule has 1 aliphatic heterocycles. The number of nitrogens with zero attached hydrogens (tertiary/aromatic N) is 2. The normalized spacial score (nSPS) is 14.9. The van der Waals surface area contributed by atoms with Crippen molar-refractivity contribution < 1.29 is 13.6 Å². The first-order valence-electron chi connectivity index (χ1n) is 9.23. The van der Waals surface area contributed by atoms with Crippen molar-refractivity contribution >= 4 is 17.0 Å². The second-order valence-corrected chi connectivity index (χ2v) is 7.13. The van der Waals surface area contributed by atoms with Crippen molar-refractivity contribution in [2.75, 3.05) is 26.2 Å². The number of aromatic nitrogens is 1. The van der Waals surface area contributed by atoms with E-state index in [0.29, 0.717) is 29.9 Å². The van der Waals surface area contributed by atoms with Crippen LogP contribution in [0.2, 0.25) is 0 Å². The molecule has 0 bridgehead atoms. The molecule has 0 spiro atoms. The lowest BCUT2D eigenvalue weighted by Crippen LogP contribution is -2.46. The minimum Gasteiger partial charge on any atom is -0.449 e. The van der Waals surface area contributed by atoms with Crippen LogP contribution in [-0.4, -0.2) is 42.0 Å². The van der Waals surface area contributed by atoms with Crippen molar-refractivity contribution in [1.29, 1.82) is 0 Å². The summed E-state index contributed by atoms with van der Waals surface area (Å²) in [6, 6.07) is 9.94. The highest BCUT2D eigenvalue weighted by molar-refractivity contribution is 5.96. The Kier molecular flexibility index (Phi) is 4.66. The zero-order chi connectivity index (χ0) is 19.0. The Hall–Kier alpha value is -2.73. The quantitative estimate of drug-likeness (QED) is 0.765. The van der Waals surface area contributed by atoms with Crippen molar-refractivity contribution in [2.24, 2.45) is 0 Å².